The molecule has 0 amide bonds. The first kappa shape index (κ1) is 29.9. The number of hydrogen-bond acceptors (Lipinski definition) is 6. The summed E-state index contributed by atoms with van der Waals surface area (Å²) in [6.45, 7) is 3.53. The van der Waals surface area contributed by atoms with E-state index in [0.29, 0.717) is 28.9 Å². The van der Waals surface area contributed by atoms with Gasteiger partial charge in [-0.1, -0.05) is 37.6 Å². The Hall–Kier alpha value is -4.05. The molecule has 0 aliphatic rings. The molecular weight excluding hydrogens is 542 g/mol. The number of methoxy groups -OCH3 is 1. The first-order valence-corrected chi connectivity index (χ1v) is 13.1. The molecular formula is C31H31F4NO5. The molecule has 10 heteroatoms. The van der Waals surface area contributed by atoms with Crippen LogP contribution in [0.3, 0.4) is 0 Å². The van der Waals surface area contributed by atoms with Crippen molar-refractivity contribution in [3.63, 3.8) is 0 Å². The minimum atomic E-state index is -4.70. The zero-order chi connectivity index (χ0) is 29.7. The highest BCUT2D eigenvalue weighted by Gasteiger charge is 2.35. The average molecular weight is 574 g/mol. The Morgan fingerprint density at radius 2 is 1.85 bits per heavy atom. The first-order chi connectivity index (χ1) is 19.5. The minimum Gasteiger partial charge on any atom is -0.497 e. The summed E-state index contributed by atoms with van der Waals surface area (Å²) in [6.07, 6.45) is -2.80. The van der Waals surface area contributed by atoms with Gasteiger partial charge in [0.1, 0.15) is 41.3 Å². The number of carbonyl (C=O) groups excluding carboxylic acids is 1. The first-order valence-electron chi connectivity index (χ1n) is 13.1. The van der Waals surface area contributed by atoms with Gasteiger partial charge in [-0.2, -0.15) is 13.2 Å². The number of halogens is 4. The highest BCUT2D eigenvalue weighted by Crippen LogP contribution is 2.41. The van der Waals surface area contributed by atoms with Crippen LogP contribution < -0.4 is 15.2 Å². The van der Waals surface area contributed by atoms with Gasteiger partial charge in [0.25, 0.3) is 0 Å². The molecule has 0 radical (unpaired) electrons. The highest BCUT2D eigenvalue weighted by atomic mass is 19.4. The summed E-state index contributed by atoms with van der Waals surface area (Å²) in [5.74, 6) is -0.327. The summed E-state index contributed by atoms with van der Waals surface area (Å²) in [5, 5.41) is -0.231. The smallest absolute Gasteiger partial charge is 0.420 e. The number of ether oxygens (including phenoxy) is 3. The lowest BCUT2D eigenvalue weighted by Gasteiger charge is -2.16. The lowest BCUT2D eigenvalue weighted by Crippen LogP contribution is -2.16. The van der Waals surface area contributed by atoms with Crippen molar-refractivity contribution in [2.45, 2.75) is 58.5 Å². The fourth-order valence-electron chi connectivity index (χ4n) is 4.64. The lowest BCUT2D eigenvalue weighted by atomic mass is 9.97. The van der Waals surface area contributed by atoms with Gasteiger partial charge in [0.05, 0.1) is 19.6 Å². The Balaban J connectivity index is 1.72. The summed E-state index contributed by atoms with van der Waals surface area (Å²) in [5.41, 5.74) is 5.78. The molecule has 2 N–H and O–H groups in total. The quantitative estimate of drug-likeness (QED) is 0.147. The Labute approximate surface area is 235 Å². The molecule has 1 heterocycles. The number of hydrogen-bond donors (Lipinski definition) is 1. The third-order valence-electron chi connectivity index (χ3n) is 6.66. The molecule has 0 aliphatic heterocycles. The van der Waals surface area contributed by atoms with Gasteiger partial charge in [-0.15, -0.1) is 0 Å². The van der Waals surface area contributed by atoms with Gasteiger partial charge in [-0.3, -0.25) is 4.79 Å². The Morgan fingerprint density at radius 3 is 2.54 bits per heavy atom. The van der Waals surface area contributed by atoms with E-state index in [9.17, 15) is 18.0 Å². The molecule has 6 nitrogen and oxygen atoms in total. The molecule has 1 aromatic heterocycles. The molecule has 218 valence electrons. The van der Waals surface area contributed by atoms with Gasteiger partial charge < -0.3 is 24.4 Å². The topological polar surface area (TPSA) is 83.9 Å². The number of carbonyl (C=O) groups is 1. The lowest BCUT2D eigenvalue weighted by molar-refractivity contribution is -0.147. The van der Waals surface area contributed by atoms with Crippen molar-refractivity contribution in [1.29, 1.82) is 0 Å². The number of benzene rings is 3. The molecule has 4 rings (SSSR count). The zero-order valence-corrected chi connectivity index (χ0v) is 22.9. The van der Waals surface area contributed by atoms with Crippen LogP contribution in [0.4, 0.5) is 17.6 Å². The van der Waals surface area contributed by atoms with Crippen molar-refractivity contribution in [2.75, 3.05) is 7.11 Å². The molecule has 3 aromatic carbocycles. The normalized spacial score (nSPS) is 12.4. The van der Waals surface area contributed by atoms with Crippen molar-refractivity contribution in [3.05, 3.63) is 82.9 Å². The average Bonchev–Trinajstić information content (AvgIpc) is 3.37. The molecule has 0 saturated carbocycles. The molecule has 41 heavy (non-hydrogen) atoms. The van der Waals surface area contributed by atoms with E-state index in [1.165, 1.54) is 31.4 Å². The second kappa shape index (κ2) is 12.6. The number of fused-ring (bicyclic) bond motifs is 1. The second-order valence-corrected chi connectivity index (χ2v) is 9.68. The standard InChI is InChI=1S/C31H31F4NO5/c1-4-6-18(2)41-28(37)13-20-9-10-22(38-3)14-27(20)39-16-19-11-24(23-8-5-7-21(15-36)29(23)32)30-25(12-19)26(17-40-30)31(33,34)35/h5,7-12,14,17-18H,4,6,13,15-16,36H2,1-3H3. The van der Waals surface area contributed by atoms with Gasteiger partial charge in [0.15, 0.2) is 0 Å². The van der Waals surface area contributed by atoms with Crippen LogP contribution in [0.25, 0.3) is 22.1 Å². The number of furan rings is 1. The van der Waals surface area contributed by atoms with E-state index in [-0.39, 0.29) is 53.3 Å². The van der Waals surface area contributed by atoms with Gasteiger partial charge in [-0.25, -0.2) is 4.39 Å². The van der Waals surface area contributed by atoms with Crippen LogP contribution in [0, 0.1) is 5.82 Å². The Kier molecular flexibility index (Phi) is 9.22. The van der Waals surface area contributed by atoms with Crippen molar-refractivity contribution in [1.82, 2.24) is 0 Å². The van der Waals surface area contributed by atoms with Crippen LogP contribution >= 0.6 is 0 Å². The third-order valence-corrected chi connectivity index (χ3v) is 6.66. The SMILES string of the molecule is CCCC(C)OC(=O)Cc1ccc(OC)cc1OCc1cc(-c2cccc(CN)c2F)c2occ(C(F)(F)F)c2c1. The summed E-state index contributed by atoms with van der Waals surface area (Å²) >= 11 is 0. The van der Waals surface area contributed by atoms with E-state index in [4.69, 9.17) is 24.4 Å². The van der Waals surface area contributed by atoms with Crippen molar-refractivity contribution in [3.8, 4) is 22.6 Å². The number of nitrogens with two attached hydrogens (primary N) is 1. The van der Waals surface area contributed by atoms with E-state index in [1.807, 2.05) is 13.8 Å². The monoisotopic (exact) mass is 573 g/mol. The van der Waals surface area contributed by atoms with E-state index < -0.39 is 23.5 Å². The number of rotatable bonds is 11. The molecule has 0 aliphatic carbocycles. The largest absolute Gasteiger partial charge is 0.497 e. The minimum absolute atomic E-state index is 0.0499. The maximum absolute atomic E-state index is 15.3. The third kappa shape index (κ3) is 6.82. The fraction of sp³-hybridized carbons (Fsp3) is 0.323. The maximum atomic E-state index is 15.3. The van der Waals surface area contributed by atoms with Crippen molar-refractivity contribution in [2.24, 2.45) is 5.73 Å². The maximum Gasteiger partial charge on any atom is 0.420 e. The molecule has 4 aromatic rings. The molecule has 0 saturated heterocycles. The van der Waals surface area contributed by atoms with Crippen molar-refractivity contribution < 1.29 is 41.0 Å². The summed E-state index contributed by atoms with van der Waals surface area (Å²) in [6, 6.07) is 12.3. The fourth-order valence-corrected chi connectivity index (χ4v) is 4.64. The van der Waals surface area contributed by atoms with E-state index in [0.717, 1.165) is 12.8 Å². The summed E-state index contributed by atoms with van der Waals surface area (Å²) < 4.78 is 78.8. The van der Waals surface area contributed by atoms with Crippen LogP contribution in [0.15, 0.2) is 59.2 Å². The van der Waals surface area contributed by atoms with E-state index in [2.05, 4.69) is 0 Å². The van der Waals surface area contributed by atoms with Gasteiger partial charge in [0.2, 0.25) is 0 Å². The van der Waals surface area contributed by atoms with Gasteiger partial charge in [-0.05, 0) is 37.1 Å². The molecule has 0 bridgehead atoms. The molecule has 0 spiro atoms. The summed E-state index contributed by atoms with van der Waals surface area (Å²) in [7, 11) is 1.47. The van der Waals surface area contributed by atoms with Gasteiger partial charge >= 0.3 is 12.1 Å². The molecule has 1 unspecified atom stereocenters. The van der Waals surface area contributed by atoms with Crippen LogP contribution in [0.2, 0.25) is 0 Å². The zero-order valence-electron chi connectivity index (χ0n) is 22.9. The Morgan fingerprint density at radius 1 is 1.07 bits per heavy atom. The van der Waals surface area contributed by atoms with E-state index in [1.54, 1.807) is 24.3 Å². The predicted molar refractivity (Wildman–Crippen MR) is 146 cm³/mol. The number of alkyl halides is 3. The predicted octanol–water partition coefficient (Wildman–Crippen LogP) is 7.58. The van der Waals surface area contributed by atoms with Crippen LogP contribution in [0.1, 0.15) is 48.9 Å². The molecule has 0 fully saturated rings. The number of esters is 1. The van der Waals surface area contributed by atoms with Crippen LogP contribution in [-0.2, 0) is 35.3 Å². The van der Waals surface area contributed by atoms with Crippen LogP contribution in [-0.4, -0.2) is 19.2 Å². The highest BCUT2D eigenvalue weighted by molar-refractivity contribution is 5.95. The van der Waals surface area contributed by atoms with Crippen LogP contribution in [0.5, 0.6) is 11.5 Å². The van der Waals surface area contributed by atoms with E-state index >= 15 is 4.39 Å². The van der Waals surface area contributed by atoms with Crippen molar-refractivity contribution >= 4 is 16.9 Å². The Bertz CT molecular complexity index is 1530. The second-order valence-electron chi connectivity index (χ2n) is 9.68. The molecule has 1 atom stereocenters. The summed E-state index contributed by atoms with van der Waals surface area (Å²) in [4.78, 5) is 12.5. The van der Waals surface area contributed by atoms with Gasteiger partial charge in [0, 0.05) is 40.3 Å².